The Morgan fingerprint density at radius 3 is 2.88 bits per heavy atom. The maximum atomic E-state index is 13.2. The largest absolute Gasteiger partial charge is 0.502 e. The van der Waals surface area contributed by atoms with Gasteiger partial charge >= 0.3 is 5.69 Å². The maximum Gasteiger partial charge on any atom is 0.314 e. The van der Waals surface area contributed by atoms with Gasteiger partial charge < -0.3 is 10.4 Å². The van der Waals surface area contributed by atoms with Gasteiger partial charge in [-0.05, 0) is 74.3 Å². The lowest BCUT2D eigenvalue weighted by atomic mass is 9.54. The lowest BCUT2D eigenvalue weighted by Crippen LogP contribution is -2.44. The second kappa shape index (κ2) is 8.45. The number of anilines is 1. The molecule has 2 fully saturated rings. The van der Waals surface area contributed by atoms with E-state index in [1.807, 2.05) is 13.0 Å². The van der Waals surface area contributed by atoms with Crippen molar-refractivity contribution >= 4 is 33.8 Å². The zero-order valence-corrected chi connectivity index (χ0v) is 20.2. The fourth-order valence-electron chi connectivity index (χ4n) is 7.08. The summed E-state index contributed by atoms with van der Waals surface area (Å²) in [5.41, 5.74) is 1.04. The minimum Gasteiger partial charge on any atom is -0.502 e. The maximum absolute atomic E-state index is 13.2. The fraction of sp³-hybridized carbons (Fsp3) is 0.560. The summed E-state index contributed by atoms with van der Waals surface area (Å²) in [7, 11) is 0. The predicted molar refractivity (Wildman–Crippen MR) is 128 cm³/mol. The molecule has 5 atom stereocenters. The number of nitro groups is 1. The molecule has 0 saturated heterocycles. The summed E-state index contributed by atoms with van der Waals surface area (Å²) in [6.07, 6.45) is 6.08. The summed E-state index contributed by atoms with van der Waals surface area (Å²) < 4.78 is 0. The average Bonchev–Trinajstić information content (AvgIpc) is 3.31. The molecule has 2 aromatic rings. The third kappa shape index (κ3) is 3.70. The number of phenols is 1. The number of carbonyl (C=O) groups excluding carboxylic acids is 2. The van der Waals surface area contributed by atoms with Crippen LogP contribution in [0.3, 0.4) is 0 Å². The predicted octanol–water partition coefficient (Wildman–Crippen LogP) is 5.14. The summed E-state index contributed by atoms with van der Waals surface area (Å²) in [6.45, 7) is 4.03. The molecule has 0 aliphatic heterocycles. The Hall–Kier alpha value is -2.81. The van der Waals surface area contributed by atoms with Gasteiger partial charge in [0.2, 0.25) is 5.91 Å². The molecule has 0 radical (unpaired) electrons. The van der Waals surface area contributed by atoms with E-state index >= 15 is 0 Å². The van der Waals surface area contributed by atoms with Crippen LogP contribution in [0.5, 0.6) is 5.75 Å². The number of aromatic hydroxyl groups is 1. The lowest BCUT2D eigenvalue weighted by Gasteiger charge is -2.49. The summed E-state index contributed by atoms with van der Waals surface area (Å²) in [5.74, 6) is 0.607. The Morgan fingerprint density at radius 2 is 2.18 bits per heavy atom. The molecule has 34 heavy (non-hydrogen) atoms. The van der Waals surface area contributed by atoms with Crippen molar-refractivity contribution in [2.75, 3.05) is 5.32 Å². The van der Waals surface area contributed by atoms with Crippen LogP contribution in [-0.2, 0) is 16.0 Å². The van der Waals surface area contributed by atoms with Crippen LogP contribution >= 0.6 is 11.3 Å². The SMILES string of the molecule is Cc1cnc(NC(=O)CC[C@@H]2CC(=O)[C@@]3(C)CCC4c5ccc(O)c([N+](=O)[O-])c5CCC4C23)s1. The van der Waals surface area contributed by atoms with Gasteiger partial charge in [-0.3, -0.25) is 19.7 Å². The second-order valence-corrected chi connectivity index (χ2v) is 11.5. The first-order chi connectivity index (χ1) is 16.2. The van der Waals surface area contributed by atoms with Crippen molar-refractivity contribution < 1.29 is 19.6 Å². The number of Topliss-reactive ketones (excluding diaryl/α,β-unsaturated/α-hetero) is 1. The number of amides is 1. The van der Waals surface area contributed by atoms with Crippen LogP contribution in [-0.4, -0.2) is 26.7 Å². The first-order valence-electron chi connectivity index (χ1n) is 11.9. The number of ketones is 1. The van der Waals surface area contributed by atoms with Gasteiger partial charge in [0, 0.05) is 34.9 Å². The highest BCUT2D eigenvalue weighted by Gasteiger charge is 2.58. The van der Waals surface area contributed by atoms with E-state index in [2.05, 4.69) is 17.2 Å². The molecular weight excluding hydrogens is 454 g/mol. The molecule has 3 aliphatic rings. The number of rotatable bonds is 5. The second-order valence-electron chi connectivity index (χ2n) is 10.3. The smallest absolute Gasteiger partial charge is 0.314 e. The van der Waals surface area contributed by atoms with Crippen molar-refractivity contribution in [3.8, 4) is 5.75 Å². The zero-order valence-electron chi connectivity index (χ0n) is 19.4. The third-order valence-electron chi connectivity index (χ3n) is 8.50. The van der Waals surface area contributed by atoms with Crippen LogP contribution in [0.4, 0.5) is 10.8 Å². The summed E-state index contributed by atoms with van der Waals surface area (Å²) >= 11 is 1.44. The van der Waals surface area contributed by atoms with Gasteiger partial charge in [0.15, 0.2) is 10.9 Å². The van der Waals surface area contributed by atoms with Crippen molar-refractivity contribution in [3.05, 3.63) is 44.4 Å². The Labute approximate surface area is 201 Å². The molecule has 8 nitrogen and oxygen atoms in total. The Kier molecular flexibility index (Phi) is 5.70. The van der Waals surface area contributed by atoms with E-state index in [-0.39, 0.29) is 41.0 Å². The number of hydrogen-bond acceptors (Lipinski definition) is 7. The Morgan fingerprint density at radius 1 is 1.38 bits per heavy atom. The van der Waals surface area contributed by atoms with Gasteiger partial charge in [0.25, 0.3) is 0 Å². The summed E-state index contributed by atoms with van der Waals surface area (Å²) in [6, 6.07) is 3.28. The number of nitrogens with one attached hydrogen (secondary N) is 1. The normalized spacial score (nSPS) is 29.8. The van der Waals surface area contributed by atoms with Crippen molar-refractivity contribution in [2.24, 2.45) is 23.2 Å². The standard InChI is InChI=1S/C25H29N3O5S/c1-13-12-26-24(34-13)27-21(31)8-3-14-11-20(30)25(2)10-9-16-15-6-7-19(29)23(28(32)33)18(15)5-4-17(16)22(14)25/h6-7,12,14,16-17,22,29H,3-5,8-11H2,1-2H3,(H,26,27,31)/t14-,16?,17?,22?,25-/m1/s1. The van der Waals surface area contributed by atoms with Gasteiger partial charge in [-0.15, -0.1) is 11.3 Å². The number of benzene rings is 1. The Bertz CT molecular complexity index is 1180. The van der Waals surface area contributed by atoms with E-state index in [1.165, 1.54) is 17.4 Å². The molecule has 1 amide bonds. The molecule has 0 spiro atoms. The lowest BCUT2D eigenvalue weighted by molar-refractivity contribution is -0.386. The number of fused-ring (bicyclic) bond motifs is 5. The van der Waals surface area contributed by atoms with Crippen molar-refractivity contribution in [3.63, 3.8) is 0 Å². The molecule has 5 rings (SSSR count). The average molecular weight is 484 g/mol. The Balaban J connectivity index is 1.37. The van der Waals surface area contributed by atoms with Gasteiger partial charge in [0.05, 0.1) is 4.92 Å². The number of thiazole rings is 1. The molecule has 9 heteroatoms. The first-order valence-corrected chi connectivity index (χ1v) is 12.8. The number of phenolic OH excluding ortho intramolecular Hbond substituents is 1. The molecular formula is C25H29N3O5S. The van der Waals surface area contributed by atoms with Gasteiger partial charge in [-0.2, -0.15) is 0 Å². The van der Waals surface area contributed by atoms with Gasteiger partial charge in [-0.25, -0.2) is 4.98 Å². The van der Waals surface area contributed by atoms with Crippen LogP contribution in [0.25, 0.3) is 0 Å². The number of aromatic nitrogens is 1. The minimum absolute atomic E-state index is 0.0807. The zero-order chi connectivity index (χ0) is 24.2. The van der Waals surface area contributed by atoms with Crippen LogP contribution in [0.1, 0.15) is 67.4 Å². The number of nitrogens with zero attached hydrogens (tertiary/aromatic N) is 2. The van der Waals surface area contributed by atoms with Crippen LogP contribution in [0.15, 0.2) is 18.3 Å². The molecule has 1 heterocycles. The van der Waals surface area contributed by atoms with E-state index in [0.29, 0.717) is 42.2 Å². The van der Waals surface area contributed by atoms with Crippen molar-refractivity contribution in [2.45, 2.75) is 64.7 Å². The van der Waals surface area contributed by atoms with Gasteiger partial charge in [-0.1, -0.05) is 13.0 Å². The van der Waals surface area contributed by atoms with Gasteiger partial charge in [0.1, 0.15) is 5.78 Å². The topological polar surface area (TPSA) is 122 Å². The number of carbonyl (C=O) groups is 2. The highest BCUT2D eigenvalue weighted by Crippen LogP contribution is 2.62. The summed E-state index contributed by atoms with van der Waals surface area (Å²) in [5, 5.41) is 25.2. The highest BCUT2D eigenvalue weighted by molar-refractivity contribution is 7.15. The molecule has 1 aromatic heterocycles. The quantitative estimate of drug-likeness (QED) is 0.449. The fourth-order valence-corrected chi connectivity index (χ4v) is 7.76. The van der Waals surface area contributed by atoms with Crippen LogP contribution in [0, 0.1) is 40.2 Å². The molecule has 0 bridgehead atoms. The van der Waals surface area contributed by atoms with Crippen LogP contribution < -0.4 is 5.32 Å². The van der Waals surface area contributed by atoms with Crippen molar-refractivity contribution in [1.82, 2.24) is 4.98 Å². The number of nitro benzene ring substituents is 1. The first kappa shape index (κ1) is 23.0. The van der Waals surface area contributed by atoms with E-state index < -0.39 is 10.3 Å². The minimum atomic E-state index is -0.480. The van der Waals surface area contributed by atoms with Crippen molar-refractivity contribution in [1.29, 1.82) is 0 Å². The van der Waals surface area contributed by atoms with E-state index in [1.54, 1.807) is 6.20 Å². The van der Waals surface area contributed by atoms with Crippen LogP contribution in [0.2, 0.25) is 0 Å². The number of hydrogen-bond donors (Lipinski definition) is 2. The number of aryl methyl sites for hydroxylation is 1. The van der Waals surface area contributed by atoms with E-state index in [0.717, 1.165) is 29.7 Å². The molecule has 2 N–H and O–H groups in total. The monoisotopic (exact) mass is 483 g/mol. The molecule has 2 saturated carbocycles. The molecule has 1 aromatic carbocycles. The molecule has 180 valence electrons. The molecule has 3 unspecified atom stereocenters. The molecule has 3 aliphatic carbocycles. The highest BCUT2D eigenvalue weighted by atomic mass is 32.1. The van der Waals surface area contributed by atoms with E-state index in [9.17, 15) is 24.8 Å². The van der Waals surface area contributed by atoms with E-state index in [4.69, 9.17) is 0 Å². The third-order valence-corrected chi connectivity index (χ3v) is 9.33. The summed E-state index contributed by atoms with van der Waals surface area (Å²) in [4.78, 5) is 42.1.